The largest absolute Gasteiger partial charge is 0.459 e. The predicted molar refractivity (Wildman–Crippen MR) is 210 cm³/mol. The highest BCUT2D eigenvalue weighted by Crippen LogP contribution is 2.39. The molecule has 3 aliphatic heterocycles. The van der Waals surface area contributed by atoms with Crippen LogP contribution in [0.2, 0.25) is 0 Å². The Balaban J connectivity index is 1.57. The van der Waals surface area contributed by atoms with E-state index in [1.165, 1.54) is 13.8 Å². The lowest BCUT2D eigenvalue weighted by molar-refractivity contribution is -0.296. The summed E-state index contributed by atoms with van der Waals surface area (Å²) in [6.07, 6.45) is -3.78. The Morgan fingerprint density at radius 2 is 1.76 bits per heavy atom. The van der Waals surface area contributed by atoms with E-state index in [4.69, 9.17) is 38.8 Å². The van der Waals surface area contributed by atoms with Crippen LogP contribution in [0.3, 0.4) is 0 Å². The summed E-state index contributed by atoms with van der Waals surface area (Å²) in [5, 5.41) is 32.0. The van der Waals surface area contributed by atoms with Crippen molar-refractivity contribution >= 4 is 29.1 Å². The molecule has 0 saturated carbocycles. The van der Waals surface area contributed by atoms with Gasteiger partial charge < -0.3 is 53.9 Å². The van der Waals surface area contributed by atoms with Gasteiger partial charge >= 0.3 is 5.97 Å². The molecule has 17 heteroatoms. The van der Waals surface area contributed by atoms with E-state index in [0.717, 1.165) is 0 Å². The average molecular weight is 816 g/mol. The van der Waals surface area contributed by atoms with Crippen molar-refractivity contribution in [2.75, 3.05) is 33.0 Å². The number of pyridine rings is 1. The summed E-state index contributed by atoms with van der Waals surface area (Å²) in [6, 6.07) is 4.76. The molecule has 0 amide bonds. The Hall–Kier alpha value is -3.84. The average Bonchev–Trinajstić information content (AvgIpc) is 3.62. The maximum atomic E-state index is 14.4. The normalized spacial score (nSPS) is 37.8. The van der Waals surface area contributed by atoms with Crippen molar-refractivity contribution in [2.45, 2.75) is 135 Å². The fraction of sp³-hybridized carbons (Fsp3) is 0.707. The zero-order valence-corrected chi connectivity index (χ0v) is 35.2. The van der Waals surface area contributed by atoms with E-state index < -0.39 is 77.3 Å². The summed E-state index contributed by atoms with van der Waals surface area (Å²) in [4.78, 5) is 54.6. The van der Waals surface area contributed by atoms with E-state index in [-0.39, 0.29) is 62.2 Å². The zero-order chi connectivity index (χ0) is 42.7. The number of fused-ring (bicyclic) bond motifs is 5. The number of carbonyl (C=O) groups is 3. The van der Waals surface area contributed by atoms with Crippen LogP contribution in [0.25, 0.3) is 11.4 Å². The molecule has 17 nitrogen and oxygen atoms in total. The number of oxime groups is 1. The quantitative estimate of drug-likeness (QED) is 0.197. The summed E-state index contributed by atoms with van der Waals surface area (Å²) < 4.78 is 36.9. The molecule has 3 fully saturated rings. The zero-order valence-electron chi connectivity index (χ0n) is 35.2. The van der Waals surface area contributed by atoms with Crippen LogP contribution in [0, 0.1) is 23.7 Å². The van der Waals surface area contributed by atoms with Crippen molar-refractivity contribution < 1.29 is 57.6 Å². The van der Waals surface area contributed by atoms with Gasteiger partial charge in [-0.2, -0.15) is 0 Å². The van der Waals surface area contributed by atoms with Crippen LogP contribution in [0.4, 0.5) is 5.88 Å². The van der Waals surface area contributed by atoms with Crippen molar-refractivity contribution in [1.82, 2.24) is 15.0 Å². The van der Waals surface area contributed by atoms with E-state index in [9.17, 15) is 24.6 Å². The monoisotopic (exact) mass is 815 g/mol. The van der Waals surface area contributed by atoms with Gasteiger partial charge in [0.05, 0.1) is 42.8 Å². The number of ether oxygens (including phenoxy) is 5. The predicted octanol–water partition coefficient (Wildman–Crippen LogP) is 3.34. The SMILES string of the molecule is CC[C@H]1OC(=O)[C@H](C)C(=O)[C@H](C)[C@@H](O[C@@H]2O[C@H](C)C[C@H](N(C)C)[C@H]2O)[C@@]2(C)C[C@@H](C)C(=O)[C@H](C)[C@H](OC/C(=N\OCc3ccc(-c4cc(N)on4)nc3)CO2)[C@]1(C)O. The van der Waals surface area contributed by atoms with Gasteiger partial charge in [0.1, 0.15) is 47.5 Å². The third-order valence-electron chi connectivity index (χ3n) is 11.8. The molecule has 4 N–H and O–H groups in total. The molecule has 58 heavy (non-hydrogen) atoms. The minimum absolute atomic E-state index is 0.00717. The van der Waals surface area contributed by atoms with Gasteiger partial charge in [0.25, 0.3) is 0 Å². The first kappa shape index (κ1) is 45.2. The minimum atomic E-state index is -1.89. The summed E-state index contributed by atoms with van der Waals surface area (Å²) in [6.45, 7) is 12.9. The van der Waals surface area contributed by atoms with Gasteiger partial charge in [-0.05, 0) is 67.1 Å². The summed E-state index contributed by atoms with van der Waals surface area (Å²) >= 11 is 0. The molecule has 3 aliphatic rings. The van der Waals surface area contributed by atoms with Crippen LogP contribution >= 0.6 is 0 Å². The molecule has 0 unspecified atom stereocenters. The van der Waals surface area contributed by atoms with Crippen LogP contribution < -0.4 is 5.73 Å². The van der Waals surface area contributed by atoms with Gasteiger partial charge in [0, 0.05) is 41.6 Å². The number of cyclic esters (lactones) is 1. The van der Waals surface area contributed by atoms with E-state index in [1.807, 2.05) is 25.9 Å². The van der Waals surface area contributed by atoms with Gasteiger partial charge in [0.15, 0.2) is 12.1 Å². The smallest absolute Gasteiger partial charge is 0.316 e. The number of aliphatic hydroxyl groups is 2. The number of nitrogens with two attached hydrogens (primary N) is 1. The standard InChI is InChI=1S/C41H61N5O12/c1-11-31-41(8,51)37-23(4)33(47)21(2)16-40(7,53-20-27(19-52-37)44-54-18-26-12-13-28(43-17-26)29-15-32(42)58-45-29)36(24(5)34(48)25(6)38(50)56-31)57-39-35(49)30(46(9)10)14-22(3)55-39/h12-13,15,17,21-25,30-31,35-37,39,49,51H,11,14,16,18-20,42H2,1-10H3/b44-27+/t21-,22-,23+,24+,25-,30+,31-,35-,36-,37+,39+,40-,41-/m1/s1. The molecular formula is C41H61N5O12. The minimum Gasteiger partial charge on any atom is -0.459 e. The molecule has 2 bridgehead atoms. The Bertz CT molecular complexity index is 1770. The van der Waals surface area contributed by atoms with Crippen LogP contribution in [0.5, 0.6) is 0 Å². The molecule has 0 spiro atoms. The number of aromatic nitrogens is 2. The first-order valence-corrected chi connectivity index (χ1v) is 20.0. The molecule has 2 aromatic rings. The molecule has 0 aliphatic carbocycles. The van der Waals surface area contributed by atoms with E-state index in [1.54, 1.807) is 59.0 Å². The molecule has 5 rings (SSSR count). The molecule has 0 radical (unpaired) electrons. The lowest BCUT2D eigenvalue weighted by atomic mass is 9.74. The summed E-state index contributed by atoms with van der Waals surface area (Å²) in [7, 11) is 3.71. The third kappa shape index (κ3) is 9.95. The number of Topliss-reactive ketones (excluding diaryl/α,β-unsaturated/α-hetero) is 2. The lowest BCUT2D eigenvalue weighted by Gasteiger charge is -2.47. The Kier molecular flexibility index (Phi) is 14.5. The number of ketones is 2. The Morgan fingerprint density at radius 1 is 1.03 bits per heavy atom. The van der Waals surface area contributed by atoms with Crippen molar-refractivity contribution in [2.24, 2.45) is 28.8 Å². The number of nitrogen functional groups attached to an aromatic ring is 1. The first-order chi connectivity index (χ1) is 27.3. The van der Waals surface area contributed by atoms with E-state index in [0.29, 0.717) is 23.4 Å². The van der Waals surface area contributed by atoms with Crippen molar-refractivity contribution in [1.29, 1.82) is 0 Å². The molecule has 13 atom stereocenters. The van der Waals surface area contributed by atoms with E-state index in [2.05, 4.69) is 15.3 Å². The van der Waals surface area contributed by atoms with Gasteiger partial charge in [-0.1, -0.05) is 44.1 Å². The highest BCUT2D eigenvalue weighted by Gasteiger charge is 2.53. The fourth-order valence-electron chi connectivity index (χ4n) is 8.47. The number of esters is 1. The summed E-state index contributed by atoms with van der Waals surface area (Å²) in [5.41, 5.74) is 4.29. The number of hydrogen-bond acceptors (Lipinski definition) is 17. The van der Waals surface area contributed by atoms with Crippen LogP contribution in [0.15, 0.2) is 34.1 Å². The number of rotatable bonds is 8. The number of aliphatic hydroxyl groups excluding tert-OH is 1. The van der Waals surface area contributed by atoms with Crippen molar-refractivity contribution in [3.63, 3.8) is 0 Å². The maximum absolute atomic E-state index is 14.4. The van der Waals surface area contributed by atoms with Crippen molar-refractivity contribution in [3.05, 3.63) is 30.0 Å². The number of anilines is 1. The number of hydrogen-bond donors (Lipinski definition) is 3. The molecular weight excluding hydrogens is 754 g/mol. The Labute approximate surface area is 339 Å². The first-order valence-electron chi connectivity index (χ1n) is 20.0. The number of nitrogens with zero attached hydrogens (tertiary/aromatic N) is 4. The second-order valence-electron chi connectivity index (χ2n) is 16.8. The second-order valence-corrected chi connectivity index (χ2v) is 16.8. The lowest BCUT2D eigenvalue weighted by Crippen LogP contribution is -2.60. The van der Waals surface area contributed by atoms with Gasteiger partial charge in [0.2, 0.25) is 5.88 Å². The molecule has 5 heterocycles. The highest BCUT2D eigenvalue weighted by atomic mass is 16.7. The Morgan fingerprint density at radius 3 is 2.38 bits per heavy atom. The van der Waals surface area contributed by atoms with Crippen LogP contribution in [-0.2, 0) is 49.5 Å². The molecule has 3 saturated heterocycles. The topological polar surface area (TPSA) is 228 Å². The van der Waals surface area contributed by atoms with Crippen molar-refractivity contribution in [3.8, 4) is 11.4 Å². The van der Waals surface area contributed by atoms with Crippen LogP contribution in [-0.4, -0.2) is 130 Å². The second kappa shape index (κ2) is 18.6. The summed E-state index contributed by atoms with van der Waals surface area (Å²) in [5.74, 6) is -5.37. The number of carbonyl (C=O) groups excluding carboxylic acids is 3. The molecule has 0 aromatic carbocycles. The third-order valence-corrected chi connectivity index (χ3v) is 11.8. The van der Waals surface area contributed by atoms with E-state index >= 15 is 0 Å². The van der Waals surface area contributed by atoms with Gasteiger partial charge in [-0.3, -0.25) is 19.4 Å². The maximum Gasteiger partial charge on any atom is 0.316 e. The number of likely N-dealkylation sites (N-methyl/N-ethyl adjacent to an activating group) is 1. The van der Waals surface area contributed by atoms with Gasteiger partial charge in [-0.25, -0.2) is 0 Å². The highest BCUT2D eigenvalue weighted by molar-refractivity contribution is 6.00. The van der Waals surface area contributed by atoms with Gasteiger partial charge in [-0.15, -0.1) is 0 Å². The fourth-order valence-corrected chi connectivity index (χ4v) is 8.47. The molecule has 2 aromatic heterocycles. The molecule has 322 valence electrons. The van der Waals surface area contributed by atoms with Crippen LogP contribution in [0.1, 0.15) is 80.2 Å².